The van der Waals surface area contributed by atoms with Gasteiger partial charge in [0.25, 0.3) is 0 Å². The van der Waals surface area contributed by atoms with Crippen LogP contribution in [0.3, 0.4) is 0 Å². The molecule has 4 nitrogen and oxygen atoms in total. The summed E-state index contributed by atoms with van der Waals surface area (Å²) in [6.45, 7) is 8.20. The predicted octanol–water partition coefficient (Wildman–Crippen LogP) is 3.82. The Balaban J connectivity index is 1.68. The van der Waals surface area contributed by atoms with Crippen LogP contribution in [0.2, 0.25) is 0 Å². The zero-order valence-corrected chi connectivity index (χ0v) is 16.4. The first-order valence-electron chi connectivity index (χ1n) is 9.61. The van der Waals surface area contributed by atoms with E-state index in [0.717, 1.165) is 50.7 Å². The zero-order chi connectivity index (χ0) is 19.1. The highest BCUT2D eigenvalue weighted by Gasteiger charge is 2.25. The molecule has 2 aromatic carbocycles. The Bertz CT molecular complexity index is 743. The van der Waals surface area contributed by atoms with Crippen molar-refractivity contribution in [3.63, 3.8) is 0 Å². The highest BCUT2D eigenvalue weighted by molar-refractivity contribution is 5.45. The van der Waals surface area contributed by atoms with Crippen molar-refractivity contribution < 1.29 is 9.47 Å². The molecule has 1 unspecified atom stereocenters. The van der Waals surface area contributed by atoms with Crippen molar-refractivity contribution in [3.8, 4) is 11.5 Å². The fraction of sp³-hybridized carbons (Fsp3) is 0.391. The number of benzene rings is 2. The second-order valence-electron chi connectivity index (χ2n) is 7.08. The summed E-state index contributed by atoms with van der Waals surface area (Å²) >= 11 is 0. The highest BCUT2D eigenvalue weighted by Crippen LogP contribution is 2.35. The number of hydrogen-bond donors (Lipinski definition) is 1. The second-order valence-corrected chi connectivity index (χ2v) is 7.08. The molecule has 3 rings (SSSR count). The number of ether oxygens (including phenoxy) is 2. The molecule has 1 aliphatic heterocycles. The van der Waals surface area contributed by atoms with Gasteiger partial charge in [0.2, 0.25) is 0 Å². The van der Waals surface area contributed by atoms with Crippen molar-refractivity contribution in [2.75, 3.05) is 40.4 Å². The molecular weight excluding hydrogens is 336 g/mol. The molecule has 1 N–H and O–H groups in total. The van der Waals surface area contributed by atoms with Gasteiger partial charge in [0.05, 0.1) is 13.7 Å². The lowest BCUT2D eigenvalue weighted by Gasteiger charge is -2.33. The van der Waals surface area contributed by atoms with E-state index in [2.05, 4.69) is 54.2 Å². The van der Waals surface area contributed by atoms with E-state index >= 15 is 0 Å². The molecule has 0 spiro atoms. The standard InChI is InChI=1S/C23H30N2O2/c1-4-12-24-13-5-14-27-21-10-11-22-19(15-21)16-25(2)17-23(22)18-6-8-20(26-3)9-7-18/h4,6-11,15,23-24H,1,5,12-14,16-17H2,2-3H3. The molecule has 1 aliphatic rings. The summed E-state index contributed by atoms with van der Waals surface area (Å²) in [5.74, 6) is 2.23. The highest BCUT2D eigenvalue weighted by atomic mass is 16.5. The first-order chi connectivity index (χ1) is 13.2. The molecule has 1 atom stereocenters. The van der Waals surface area contributed by atoms with Crippen LogP contribution in [0.15, 0.2) is 55.1 Å². The normalized spacial score (nSPS) is 16.6. The Labute approximate surface area is 162 Å². The molecule has 0 bridgehead atoms. The number of likely N-dealkylation sites (N-methyl/N-ethyl adjacent to an activating group) is 1. The monoisotopic (exact) mass is 366 g/mol. The summed E-state index contributed by atoms with van der Waals surface area (Å²) in [7, 11) is 3.88. The van der Waals surface area contributed by atoms with E-state index in [-0.39, 0.29) is 0 Å². The van der Waals surface area contributed by atoms with Crippen LogP contribution in [0.5, 0.6) is 11.5 Å². The average molecular weight is 367 g/mol. The molecule has 0 radical (unpaired) electrons. The molecule has 0 amide bonds. The largest absolute Gasteiger partial charge is 0.497 e. The number of methoxy groups -OCH3 is 1. The van der Waals surface area contributed by atoms with Crippen LogP contribution < -0.4 is 14.8 Å². The topological polar surface area (TPSA) is 33.7 Å². The van der Waals surface area contributed by atoms with Gasteiger partial charge < -0.3 is 19.7 Å². The van der Waals surface area contributed by atoms with Crippen molar-refractivity contribution >= 4 is 0 Å². The first-order valence-corrected chi connectivity index (χ1v) is 9.61. The lowest BCUT2D eigenvalue weighted by molar-refractivity contribution is 0.289. The Kier molecular flexibility index (Phi) is 6.91. The maximum absolute atomic E-state index is 5.96. The predicted molar refractivity (Wildman–Crippen MR) is 111 cm³/mol. The molecule has 2 aromatic rings. The number of hydrogen-bond acceptors (Lipinski definition) is 4. The van der Waals surface area contributed by atoms with Crippen molar-refractivity contribution in [3.05, 3.63) is 71.8 Å². The van der Waals surface area contributed by atoms with Crippen LogP contribution in [-0.4, -0.2) is 45.3 Å². The van der Waals surface area contributed by atoms with E-state index in [9.17, 15) is 0 Å². The van der Waals surface area contributed by atoms with Gasteiger partial charge in [0, 0.05) is 25.6 Å². The molecule has 0 aliphatic carbocycles. The van der Waals surface area contributed by atoms with Crippen LogP contribution in [-0.2, 0) is 6.54 Å². The number of nitrogens with zero attached hydrogens (tertiary/aromatic N) is 1. The lowest BCUT2D eigenvalue weighted by atomic mass is 9.84. The third-order valence-corrected chi connectivity index (χ3v) is 5.00. The van der Waals surface area contributed by atoms with Crippen LogP contribution in [0.4, 0.5) is 0 Å². The van der Waals surface area contributed by atoms with Crippen LogP contribution in [0.25, 0.3) is 0 Å². The van der Waals surface area contributed by atoms with Crippen LogP contribution in [0, 0.1) is 0 Å². The van der Waals surface area contributed by atoms with Gasteiger partial charge in [-0.15, -0.1) is 6.58 Å². The van der Waals surface area contributed by atoms with Gasteiger partial charge in [-0.2, -0.15) is 0 Å². The Morgan fingerprint density at radius 3 is 2.70 bits per heavy atom. The van der Waals surface area contributed by atoms with E-state index < -0.39 is 0 Å². The summed E-state index contributed by atoms with van der Waals surface area (Å²) in [4.78, 5) is 2.38. The first kappa shape index (κ1) is 19.5. The minimum Gasteiger partial charge on any atom is -0.497 e. The Morgan fingerprint density at radius 1 is 1.19 bits per heavy atom. The van der Waals surface area contributed by atoms with Crippen LogP contribution in [0.1, 0.15) is 29.0 Å². The fourth-order valence-corrected chi connectivity index (χ4v) is 3.63. The van der Waals surface area contributed by atoms with Crippen molar-refractivity contribution in [1.29, 1.82) is 0 Å². The molecular formula is C23H30N2O2. The maximum Gasteiger partial charge on any atom is 0.119 e. The van der Waals surface area contributed by atoms with Gasteiger partial charge in [-0.1, -0.05) is 24.3 Å². The number of rotatable bonds is 9. The maximum atomic E-state index is 5.96. The third kappa shape index (κ3) is 5.12. The quantitative estimate of drug-likeness (QED) is 0.540. The van der Waals surface area contributed by atoms with E-state index in [4.69, 9.17) is 9.47 Å². The molecule has 0 saturated carbocycles. The number of nitrogens with one attached hydrogen (secondary N) is 1. The van der Waals surface area contributed by atoms with Gasteiger partial charge in [0.15, 0.2) is 0 Å². The molecule has 0 saturated heterocycles. The number of fused-ring (bicyclic) bond motifs is 1. The smallest absolute Gasteiger partial charge is 0.119 e. The summed E-state index contributed by atoms with van der Waals surface area (Å²) in [6, 6.07) is 15.0. The van der Waals surface area contributed by atoms with E-state index in [1.165, 1.54) is 16.7 Å². The van der Waals surface area contributed by atoms with Gasteiger partial charge in [0.1, 0.15) is 11.5 Å². The summed E-state index contributed by atoms with van der Waals surface area (Å²) < 4.78 is 11.3. The average Bonchev–Trinajstić information content (AvgIpc) is 2.70. The second kappa shape index (κ2) is 9.58. The van der Waals surface area contributed by atoms with Crippen molar-refractivity contribution in [2.24, 2.45) is 0 Å². The SMILES string of the molecule is C=CCNCCCOc1ccc2c(c1)CN(C)CC2c1ccc(OC)cc1. The van der Waals surface area contributed by atoms with E-state index in [1.807, 2.05) is 18.2 Å². The summed E-state index contributed by atoms with van der Waals surface area (Å²) in [6.07, 6.45) is 2.86. The summed E-state index contributed by atoms with van der Waals surface area (Å²) in [5.41, 5.74) is 4.08. The van der Waals surface area contributed by atoms with Crippen LogP contribution >= 0.6 is 0 Å². The molecule has 4 heteroatoms. The van der Waals surface area contributed by atoms with Gasteiger partial charge in [-0.05, 0) is 61.0 Å². The molecule has 144 valence electrons. The van der Waals surface area contributed by atoms with E-state index in [1.54, 1.807) is 7.11 Å². The van der Waals surface area contributed by atoms with Gasteiger partial charge in [-0.3, -0.25) is 0 Å². The summed E-state index contributed by atoms with van der Waals surface area (Å²) in [5, 5.41) is 3.30. The minimum atomic E-state index is 0.377. The van der Waals surface area contributed by atoms with E-state index in [0.29, 0.717) is 5.92 Å². The zero-order valence-electron chi connectivity index (χ0n) is 16.4. The van der Waals surface area contributed by atoms with Gasteiger partial charge >= 0.3 is 0 Å². The van der Waals surface area contributed by atoms with Crippen molar-refractivity contribution in [1.82, 2.24) is 10.2 Å². The minimum absolute atomic E-state index is 0.377. The molecule has 0 aromatic heterocycles. The molecule has 0 fully saturated rings. The molecule has 1 heterocycles. The van der Waals surface area contributed by atoms with Crippen molar-refractivity contribution in [2.45, 2.75) is 18.9 Å². The molecule has 27 heavy (non-hydrogen) atoms. The fourth-order valence-electron chi connectivity index (χ4n) is 3.63. The Hall–Kier alpha value is -2.30. The lowest BCUT2D eigenvalue weighted by Crippen LogP contribution is -2.31. The Morgan fingerprint density at radius 2 is 1.96 bits per heavy atom. The third-order valence-electron chi connectivity index (χ3n) is 5.00. The van der Waals surface area contributed by atoms with Gasteiger partial charge in [-0.25, -0.2) is 0 Å².